The lowest BCUT2D eigenvalue weighted by Gasteiger charge is -2.37. The van der Waals surface area contributed by atoms with Crippen molar-refractivity contribution in [3.63, 3.8) is 0 Å². The maximum atomic E-state index is 11.6. The van der Waals surface area contributed by atoms with Gasteiger partial charge in [-0.3, -0.25) is 4.79 Å². The van der Waals surface area contributed by atoms with Gasteiger partial charge in [0, 0.05) is 18.2 Å². The summed E-state index contributed by atoms with van der Waals surface area (Å²) in [7, 11) is 0. The van der Waals surface area contributed by atoms with Gasteiger partial charge in [0.2, 0.25) is 0 Å². The minimum Gasteiger partial charge on any atom is -0.361 e. The number of nitrogens with one attached hydrogen (secondary N) is 1. The van der Waals surface area contributed by atoms with Gasteiger partial charge >= 0.3 is 0 Å². The molecule has 1 aromatic rings. The minimum absolute atomic E-state index is 0.200. The van der Waals surface area contributed by atoms with Crippen molar-refractivity contribution in [2.24, 2.45) is 5.73 Å². The summed E-state index contributed by atoms with van der Waals surface area (Å²) in [6, 6.07) is 1.61. The maximum Gasteiger partial charge on any atom is 0.273 e. The van der Waals surface area contributed by atoms with E-state index in [1.54, 1.807) is 13.0 Å². The lowest BCUT2D eigenvalue weighted by molar-refractivity contribution is 0.0920. The molecule has 1 aliphatic rings. The number of rotatable bonds is 3. The van der Waals surface area contributed by atoms with Crippen LogP contribution in [0.15, 0.2) is 10.6 Å². The van der Waals surface area contributed by atoms with Crippen LogP contribution >= 0.6 is 0 Å². The van der Waals surface area contributed by atoms with E-state index in [2.05, 4.69) is 10.5 Å². The van der Waals surface area contributed by atoms with Crippen LogP contribution in [0.4, 0.5) is 0 Å². The number of aryl methyl sites for hydroxylation is 1. The summed E-state index contributed by atoms with van der Waals surface area (Å²) in [6.07, 6.45) is 3.10. The molecule has 0 aromatic carbocycles. The molecule has 0 aliphatic heterocycles. The first kappa shape index (κ1) is 10.2. The Bertz CT molecular complexity index is 368. The molecule has 5 nitrogen and oxygen atoms in total. The summed E-state index contributed by atoms with van der Waals surface area (Å²) in [6.45, 7) is 2.26. The molecular formula is C10H15N3O2. The number of nitrogens with zero attached hydrogens (tertiary/aromatic N) is 1. The van der Waals surface area contributed by atoms with E-state index < -0.39 is 0 Å². The van der Waals surface area contributed by atoms with Gasteiger partial charge in [0.15, 0.2) is 5.69 Å². The highest BCUT2D eigenvalue weighted by atomic mass is 16.5. The Morgan fingerprint density at radius 2 is 2.47 bits per heavy atom. The standard InChI is InChI=1S/C10H15N3O2/c1-7-5-8(13-15-7)9(14)12-6-10(11)3-2-4-10/h5H,2-4,6,11H2,1H3,(H,12,14). The predicted molar refractivity (Wildman–Crippen MR) is 54.3 cm³/mol. The fraction of sp³-hybridized carbons (Fsp3) is 0.600. The largest absolute Gasteiger partial charge is 0.361 e. The van der Waals surface area contributed by atoms with Crippen LogP contribution in [0.25, 0.3) is 0 Å². The molecule has 0 atom stereocenters. The fourth-order valence-corrected chi connectivity index (χ4v) is 1.63. The summed E-state index contributed by atoms with van der Waals surface area (Å²) in [5.74, 6) is 0.412. The molecule has 0 radical (unpaired) electrons. The predicted octanol–water partition coefficient (Wildman–Crippen LogP) is 0.594. The van der Waals surface area contributed by atoms with Crippen molar-refractivity contribution in [1.82, 2.24) is 10.5 Å². The molecule has 2 rings (SSSR count). The molecule has 0 saturated heterocycles. The van der Waals surface area contributed by atoms with E-state index in [4.69, 9.17) is 10.3 Å². The highest BCUT2D eigenvalue weighted by Gasteiger charge is 2.32. The Morgan fingerprint density at radius 1 is 1.73 bits per heavy atom. The Kier molecular flexibility index (Phi) is 2.48. The van der Waals surface area contributed by atoms with Crippen LogP contribution in [0, 0.1) is 6.92 Å². The summed E-state index contributed by atoms with van der Waals surface area (Å²) in [4.78, 5) is 11.6. The minimum atomic E-state index is -0.219. The lowest BCUT2D eigenvalue weighted by Crippen LogP contribution is -2.54. The zero-order valence-electron chi connectivity index (χ0n) is 8.75. The van der Waals surface area contributed by atoms with Crippen molar-refractivity contribution in [2.75, 3.05) is 6.54 Å². The molecule has 0 bridgehead atoms. The third kappa shape index (κ3) is 2.18. The first-order chi connectivity index (χ1) is 7.09. The normalized spacial score (nSPS) is 18.3. The maximum absolute atomic E-state index is 11.6. The SMILES string of the molecule is Cc1cc(C(=O)NCC2(N)CCC2)no1. The third-order valence-corrected chi connectivity index (χ3v) is 2.81. The molecule has 82 valence electrons. The van der Waals surface area contributed by atoms with Crippen LogP contribution in [0.1, 0.15) is 35.5 Å². The number of carbonyl (C=O) groups is 1. The number of aromatic nitrogens is 1. The highest BCUT2D eigenvalue weighted by Crippen LogP contribution is 2.28. The quantitative estimate of drug-likeness (QED) is 0.763. The first-order valence-corrected chi connectivity index (χ1v) is 5.09. The molecule has 5 heteroatoms. The van der Waals surface area contributed by atoms with Crippen molar-refractivity contribution in [3.05, 3.63) is 17.5 Å². The summed E-state index contributed by atoms with van der Waals surface area (Å²) in [5.41, 5.74) is 6.09. The second kappa shape index (κ2) is 3.66. The van der Waals surface area contributed by atoms with Crippen LogP contribution in [0.5, 0.6) is 0 Å². The van der Waals surface area contributed by atoms with Gasteiger partial charge in [-0.2, -0.15) is 0 Å². The third-order valence-electron chi connectivity index (χ3n) is 2.81. The molecule has 1 aromatic heterocycles. The van der Waals surface area contributed by atoms with Crippen LogP contribution in [0.3, 0.4) is 0 Å². The summed E-state index contributed by atoms with van der Waals surface area (Å²) in [5, 5.41) is 6.40. The van der Waals surface area contributed by atoms with E-state index in [0.717, 1.165) is 19.3 Å². The van der Waals surface area contributed by atoms with E-state index in [1.807, 2.05) is 0 Å². The number of carbonyl (C=O) groups excluding carboxylic acids is 1. The number of hydrogen-bond donors (Lipinski definition) is 2. The average Bonchev–Trinajstić information content (AvgIpc) is 2.58. The van der Waals surface area contributed by atoms with Crippen molar-refractivity contribution in [3.8, 4) is 0 Å². The van der Waals surface area contributed by atoms with Gasteiger partial charge in [0.25, 0.3) is 5.91 Å². The molecule has 1 saturated carbocycles. The highest BCUT2D eigenvalue weighted by molar-refractivity contribution is 5.92. The second-order valence-corrected chi connectivity index (χ2v) is 4.22. The van der Waals surface area contributed by atoms with Crippen LogP contribution < -0.4 is 11.1 Å². The Hall–Kier alpha value is -1.36. The van der Waals surface area contributed by atoms with Gasteiger partial charge in [-0.15, -0.1) is 0 Å². The molecule has 1 fully saturated rings. The lowest BCUT2D eigenvalue weighted by atomic mass is 9.78. The van der Waals surface area contributed by atoms with E-state index in [1.165, 1.54) is 0 Å². The summed E-state index contributed by atoms with van der Waals surface area (Å²) >= 11 is 0. The van der Waals surface area contributed by atoms with Gasteiger partial charge in [0.1, 0.15) is 5.76 Å². The monoisotopic (exact) mass is 209 g/mol. The van der Waals surface area contributed by atoms with Gasteiger partial charge < -0.3 is 15.6 Å². The van der Waals surface area contributed by atoms with E-state index in [9.17, 15) is 4.79 Å². The summed E-state index contributed by atoms with van der Waals surface area (Å²) < 4.78 is 4.82. The fourth-order valence-electron chi connectivity index (χ4n) is 1.63. The first-order valence-electron chi connectivity index (χ1n) is 5.09. The molecule has 0 unspecified atom stereocenters. The topological polar surface area (TPSA) is 81.2 Å². The molecule has 1 amide bonds. The van der Waals surface area contributed by atoms with E-state index >= 15 is 0 Å². The van der Waals surface area contributed by atoms with Crippen LogP contribution in [-0.4, -0.2) is 23.1 Å². The molecule has 1 aliphatic carbocycles. The zero-order valence-corrected chi connectivity index (χ0v) is 8.75. The molecule has 15 heavy (non-hydrogen) atoms. The van der Waals surface area contributed by atoms with E-state index in [0.29, 0.717) is 18.0 Å². The second-order valence-electron chi connectivity index (χ2n) is 4.22. The molecule has 3 N–H and O–H groups in total. The van der Waals surface area contributed by atoms with Gasteiger partial charge in [0.05, 0.1) is 0 Å². The van der Waals surface area contributed by atoms with Crippen LogP contribution in [0.2, 0.25) is 0 Å². The smallest absolute Gasteiger partial charge is 0.273 e. The average molecular weight is 209 g/mol. The number of nitrogens with two attached hydrogens (primary N) is 1. The van der Waals surface area contributed by atoms with E-state index in [-0.39, 0.29) is 11.4 Å². The van der Waals surface area contributed by atoms with Crippen molar-refractivity contribution < 1.29 is 9.32 Å². The number of hydrogen-bond acceptors (Lipinski definition) is 4. The molecule has 0 spiro atoms. The van der Waals surface area contributed by atoms with Gasteiger partial charge in [-0.05, 0) is 26.2 Å². The van der Waals surface area contributed by atoms with Gasteiger partial charge in [-0.25, -0.2) is 0 Å². The molecular weight excluding hydrogens is 194 g/mol. The Balaban J connectivity index is 1.87. The zero-order chi connectivity index (χ0) is 10.9. The van der Waals surface area contributed by atoms with Crippen molar-refractivity contribution >= 4 is 5.91 Å². The van der Waals surface area contributed by atoms with Crippen molar-refractivity contribution in [1.29, 1.82) is 0 Å². The Labute approximate surface area is 88.0 Å². The molecule has 1 heterocycles. The number of amides is 1. The van der Waals surface area contributed by atoms with Gasteiger partial charge in [-0.1, -0.05) is 5.16 Å². The Morgan fingerprint density at radius 3 is 2.93 bits per heavy atom. The van der Waals surface area contributed by atoms with Crippen molar-refractivity contribution in [2.45, 2.75) is 31.7 Å². The van der Waals surface area contributed by atoms with Crippen LogP contribution in [-0.2, 0) is 0 Å².